The number of methoxy groups -OCH3 is 5. The van der Waals surface area contributed by atoms with E-state index in [0.717, 1.165) is 7.11 Å². The Morgan fingerprint density at radius 3 is 2.03 bits per heavy atom. The summed E-state index contributed by atoms with van der Waals surface area (Å²) < 4.78 is 25.4. The molecule has 11 heteroatoms. The predicted molar refractivity (Wildman–Crippen MR) is 113 cm³/mol. The number of carbonyl (C=O) groups excluding carboxylic acids is 4. The zero-order valence-electron chi connectivity index (χ0n) is 19.3. The molecular weight excluding hydrogens is 436 g/mol. The molecule has 1 aromatic rings. The Labute approximate surface area is 191 Å². The minimum absolute atomic E-state index is 0.334. The van der Waals surface area contributed by atoms with E-state index in [0.29, 0.717) is 11.4 Å². The number of β-lactam (4-membered cyclic amide) rings is 1. The molecule has 0 aliphatic carbocycles. The molecule has 0 bridgehead atoms. The summed E-state index contributed by atoms with van der Waals surface area (Å²) in [7, 11) is 6.43. The molecule has 2 fully saturated rings. The zero-order valence-corrected chi connectivity index (χ0v) is 19.3. The molecule has 0 aromatic heterocycles. The van der Waals surface area contributed by atoms with Crippen LogP contribution in [0.2, 0.25) is 0 Å². The van der Waals surface area contributed by atoms with E-state index >= 15 is 0 Å². The second-order valence-corrected chi connectivity index (χ2v) is 7.97. The fourth-order valence-electron chi connectivity index (χ4n) is 4.83. The fraction of sp³-hybridized carbons (Fsp3) is 0.545. The lowest BCUT2D eigenvalue weighted by atomic mass is 9.76. The van der Waals surface area contributed by atoms with Crippen molar-refractivity contribution < 1.29 is 42.9 Å². The first kappa shape index (κ1) is 24.5. The molecule has 0 saturated carbocycles. The maximum atomic E-state index is 12.9. The van der Waals surface area contributed by atoms with Crippen molar-refractivity contribution in [3.63, 3.8) is 0 Å². The third kappa shape index (κ3) is 3.80. The summed E-state index contributed by atoms with van der Waals surface area (Å²) in [5.74, 6) is -4.45. The lowest BCUT2D eigenvalue weighted by Gasteiger charge is -2.50. The van der Waals surface area contributed by atoms with Crippen LogP contribution in [0.4, 0.5) is 5.69 Å². The van der Waals surface area contributed by atoms with E-state index < -0.39 is 53.5 Å². The summed E-state index contributed by atoms with van der Waals surface area (Å²) in [6.07, 6.45) is -0.921. The van der Waals surface area contributed by atoms with Gasteiger partial charge in [-0.05, 0) is 31.2 Å². The van der Waals surface area contributed by atoms with Crippen LogP contribution in [0.25, 0.3) is 0 Å². The summed E-state index contributed by atoms with van der Waals surface area (Å²) in [5, 5.41) is 3.08. The third-order valence-electron chi connectivity index (χ3n) is 6.43. The molecule has 0 spiro atoms. The number of carbonyl (C=O) groups is 4. The normalized spacial score (nSPS) is 30.9. The van der Waals surface area contributed by atoms with Crippen LogP contribution in [0.1, 0.15) is 6.92 Å². The minimum Gasteiger partial charge on any atom is -0.497 e. The van der Waals surface area contributed by atoms with Crippen molar-refractivity contribution in [1.29, 1.82) is 0 Å². The lowest BCUT2D eigenvalue weighted by molar-refractivity contribution is -0.164. The number of hydrogen-bond acceptors (Lipinski definition) is 10. The molecule has 2 aliphatic rings. The Balaban J connectivity index is 2.10. The maximum absolute atomic E-state index is 12.9. The SMILES string of the molecule is COC(=O)[C@H]1[C@@H]([C@H]2[C@@H](OC)C(=O)N2c2ccc(OC)cc2)N[C@@](C)(C(=O)OC)[C@@H]1C(=O)OC. The average molecular weight is 464 g/mol. The summed E-state index contributed by atoms with van der Waals surface area (Å²) in [5.41, 5.74) is -1.08. The second kappa shape index (κ2) is 9.36. The van der Waals surface area contributed by atoms with Gasteiger partial charge in [-0.25, -0.2) is 0 Å². The van der Waals surface area contributed by atoms with Crippen LogP contribution in [-0.4, -0.2) is 83.1 Å². The molecule has 0 radical (unpaired) electrons. The van der Waals surface area contributed by atoms with Gasteiger partial charge in [0.05, 0.1) is 40.4 Å². The van der Waals surface area contributed by atoms with E-state index in [1.807, 2.05) is 0 Å². The number of amides is 1. The van der Waals surface area contributed by atoms with Gasteiger partial charge in [0, 0.05) is 18.8 Å². The first-order valence-electron chi connectivity index (χ1n) is 10.2. The smallest absolute Gasteiger partial charge is 0.326 e. The second-order valence-electron chi connectivity index (χ2n) is 7.97. The largest absolute Gasteiger partial charge is 0.497 e. The quantitative estimate of drug-likeness (QED) is 0.332. The molecule has 1 amide bonds. The molecule has 2 heterocycles. The van der Waals surface area contributed by atoms with E-state index in [-0.39, 0.29) is 5.91 Å². The van der Waals surface area contributed by atoms with Crippen LogP contribution >= 0.6 is 0 Å². The van der Waals surface area contributed by atoms with Gasteiger partial charge in [-0.15, -0.1) is 0 Å². The highest BCUT2D eigenvalue weighted by Gasteiger charge is 2.67. The van der Waals surface area contributed by atoms with Crippen LogP contribution in [0.3, 0.4) is 0 Å². The molecule has 1 N–H and O–H groups in total. The van der Waals surface area contributed by atoms with E-state index in [2.05, 4.69) is 5.32 Å². The fourth-order valence-corrected chi connectivity index (χ4v) is 4.83. The number of benzene rings is 1. The van der Waals surface area contributed by atoms with Crippen molar-refractivity contribution >= 4 is 29.5 Å². The molecule has 180 valence electrons. The molecule has 2 saturated heterocycles. The molecule has 3 rings (SSSR count). The van der Waals surface area contributed by atoms with Gasteiger partial charge in [0.15, 0.2) is 6.10 Å². The summed E-state index contributed by atoms with van der Waals surface area (Å²) >= 11 is 0. The van der Waals surface area contributed by atoms with Crippen LogP contribution in [0.15, 0.2) is 24.3 Å². The van der Waals surface area contributed by atoms with Crippen molar-refractivity contribution in [3.05, 3.63) is 24.3 Å². The van der Waals surface area contributed by atoms with Gasteiger partial charge in [-0.3, -0.25) is 24.5 Å². The molecule has 33 heavy (non-hydrogen) atoms. The molecule has 0 unspecified atom stereocenters. The van der Waals surface area contributed by atoms with Gasteiger partial charge in [0.1, 0.15) is 17.2 Å². The highest BCUT2D eigenvalue weighted by Crippen LogP contribution is 2.44. The van der Waals surface area contributed by atoms with Gasteiger partial charge >= 0.3 is 17.9 Å². The zero-order chi connectivity index (χ0) is 24.5. The number of hydrogen-bond donors (Lipinski definition) is 1. The summed E-state index contributed by atoms with van der Waals surface area (Å²) in [4.78, 5) is 52.9. The molecule has 11 nitrogen and oxygen atoms in total. The summed E-state index contributed by atoms with van der Waals surface area (Å²) in [6.45, 7) is 1.45. The monoisotopic (exact) mass is 464 g/mol. The molecule has 1 aromatic carbocycles. The van der Waals surface area contributed by atoms with Crippen molar-refractivity contribution in [1.82, 2.24) is 5.32 Å². The van der Waals surface area contributed by atoms with Crippen LogP contribution < -0.4 is 15.0 Å². The maximum Gasteiger partial charge on any atom is 0.326 e. The number of esters is 3. The number of rotatable bonds is 7. The first-order chi connectivity index (χ1) is 15.7. The Bertz CT molecular complexity index is 934. The van der Waals surface area contributed by atoms with E-state index in [4.69, 9.17) is 23.7 Å². The van der Waals surface area contributed by atoms with Crippen LogP contribution in [-0.2, 0) is 38.1 Å². The summed E-state index contributed by atoms with van der Waals surface area (Å²) in [6, 6.07) is 5.13. The highest BCUT2D eigenvalue weighted by molar-refractivity contribution is 6.06. The Hall–Kier alpha value is -3.18. The van der Waals surface area contributed by atoms with Gasteiger partial charge in [0.25, 0.3) is 5.91 Å². The van der Waals surface area contributed by atoms with Crippen molar-refractivity contribution in [3.8, 4) is 5.75 Å². The topological polar surface area (TPSA) is 130 Å². The standard InChI is InChI=1S/C22H28N2O9/c1-22(21(28)33-6)14(20(27)32-5)13(19(26)31-4)15(23-22)16-17(30-3)18(25)24(16)11-7-9-12(29-2)10-8-11/h7-10,13-17,23H,1-6H3/t13-,14+,15+,16+,17-,22-/m1/s1. The van der Waals surface area contributed by atoms with Gasteiger partial charge in [0.2, 0.25) is 0 Å². The van der Waals surface area contributed by atoms with Crippen molar-refractivity contribution in [2.45, 2.75) is 30.7 Å². The highest BCUT2D eigenvalue weighted by atomic mass is 16.5. The van der Waals surface area contributed by atoms with E-state index in [1.54, 1.807) is 24.3 Å². The van der Waals surface area contributed by atoms with E-state index in [1.165, 1.54) is 40.3 Å². The minimum atomic E-state index is -1.62. The number of ether oxygens (including phenoxy) is 5. The van der Waals surface area contributed by atoms with Gasteiger partial charge < -0.3 is 28.6 Å². The third-order valence-corrected chi connectivity index (χ3v) is 6.43. The number of nitrogens with one attached hydrogen (secondary N) is 1. The van der Waals surface area contributed by atoms with Crippen molar-refractivity contribution in [2.75, 3.05) is 40.4 Å². The molecule has 6 atom stereocenters. The van der Waals surface area contributed by atoms with Crippen LogP contribution in [0.5, 0.6) is 5.75 Å². The average Bonchev–Trinajstić information content (AvgIpc) is 3.14. The van der Waals surface area contributed by atoms with Crippen LogP contribution in [0, 0.1) is 11.8 Å². The van der Waals surface area contributed by atoms with Gasteiger partial charge in [-0.2, -0.15) is 0 Å². The lowest BCUT2D eigenvalue weighted by Crippen LogP contribution is -2.73. The Kier molecular flexibility index (Phi) is 6.94. The predicted octanol–water partition coefficient (Wildman–Crippen LogP) is -0.0927. The molecule has 2 aliphatic heterocycles. The Morgan fingerprint density at radius 1 is 0.939 bits per heavy atom. The van der Waals surface area contributed by atoms with Crippen molar-refractivity contribution in [2.24, 2.45) is 11.8 Å². The van der Waals surface area contributed by atoms with Gasteiger partial charge in [-0.1, -0.05) is 0 Å². The first-order valence-corrected chi connectivity index (χ1v) is 10.2. The number of anilines is 1. The number of nitrogens with zero attached hydrogens (tertiary/aromatic N) is 1. The molecular formula is C22H28N2O9. The Morgan fingerprint density at radius 2 is 1.55 bits per heavy atom. The van der Waals surface area contributed by atoms with E-state index in [9.17, 15) is 19.2 Å².